The molecule has 7 heteroatoms. The number of nitrogens with one attached hydrogen (secondary N) is 1. The van der Waals surface area contributed by atoms with Crippen LogP contribution in [0.15, 0.2) is 42.5 Å². The molecule has 0 saturated carbocycles. The summed E-state index contributed by atoms with van der Waals surface area (Å²) in [7, 11) is 0. The molecule has 2 heterocycles. The van der Waals surface area contributed by atoms with Gasteiger partial charge in [0.15, 0.2) is 0 Å². The van der Waals surface area contributed by atoms with Gasteiger partial charge in [0, 0.05) is 49.4 Å². The summed E-state index contributed by atoms with van der Waals surface area (Å²) in [5, 5.41) is 3.49. The minimum absolute atomic E-state index is 0.0176. The third-order valence-electron chi connectivity index (χ3n) is 5.56. The summed E-state index contributed by atoms with van der Waals surface area (Å²) >= 11 is 6.13. The fraction of sp³-hybridized carbons (Fsp3) is 0.318. The van der Waals surface area contributed by atoms with Gasteiger partial charge in [-0.1, -0.05) is 29.8 Å². The van der Waals surface area contributed by atoms with Gasteiger partial charge in [0.1, 0.15) is 0 Å². The zero-order valence-corrected chi connectivity index (χ0v) is 16.9. The highest BCUT2D eigenvalue weighted by molar-refractivity contribution is 6.31. The molecule has 1 fully saturated rings. The third-order valence-corrected chi connectivity index (χ3v) is 5.93. The van der Waals surface area contributed by atoms with Gasteiger partial charge in [0.05, 0.1) is 5.92 Å². The van der Waals surface area contributed by atoms with E-state index in [0.29, 0.717) is 24.7 Å². The fourth-order valence-electron chi connectivity index (χ4n) is 3.98. The van der Waals surface area contributed by atoms with E-state index in [-0.39, 0.29) is 24.1 Å². The molecule has 1 saturated heterocycles. The highest BCUT2D eigenvalue weighted by atomic mass is 35.5. The predicted molar refractivity (Wildman–Crippen MR) is 112 cm³/mol. The van der Waals surface area contributed by atoms with Crippen molar-refractivity contribution in [3.8, 4) is 0 Å². The first-order valence-corrected chi connectivity index (χ1v) is 10.0. The lowest BCUT2D eigenvalue weighted by molar-refractivity contribution is -0.126. The van der Waals surface area contributed by atoms with Gasteiger partial charge in [0.2, 0.25) is 17.7 Å². The number of anilines is 2. The molecule has 1 atom stereocenters. The third kappa shape index (κ3) is 3.85. The van der Waals surface area contributed by atoms with E-state index in [1.54, 1.807) is 22.8 Å². The first-order valence-electron chi connectivity index (χ1n) is 9.66. The van der Waals surface area contributed by atoms with Crippen LogP contribution in [0.4, 0.5) is 11.4 Å². The van der Waals surface area contributed by atoms with Gasteiger partial charge >= 0.3 is 0 Å². The minimum Gasteiger partial charge on any atom is -0.352 e. The van der Waals surface area contributed by atoms with E-state index in [1.807, 2.05) is 36.4 Å². The van der Waals surface area contributed by atoms with Crippen molar-refractivity contribution >= 4 is 40.7 Å². The maximum Gasteiger partial charge on any atom is 0.227 e. The maximum atomic E-state index is 12.6. The number of benzene rings is 2. The first-order chi connectivity index (χ1) is 13.9. The number of rotatable bonds is 4. The second-order valence-electron chi connectivity index (χ2n) is 7.45. The van der Waals surface area contributed by atoms with E-state index in [2.05, 4.69) is 5.32 Å². The molecular formula is C22H22ClN3O3. The number of amides is 3. The molecule has 0 radical (unpaired) electrons. The van der Waals surface area contributed by atoms with Gasteiger partial charge in [-0.2, -0.15) is 0 Å². The molecular weight excluding hydrogens is 390 g/mol. The quantitative estimate of drug-likeness (QED) is 0.841. The molecule has 2 aliphatic rings. The van der Waals surface area contributed by atoms with Crippen molar-refractivity contribution in [1.82, 2.24) is 5.32 Å². The monoisotopic (exact) mass is 411 g/mol. The van der Waals surface area contributed by atoms with Gasteiger partial charge in [-0.05, 0) is 41.8 Å². The lowest BCUT2D eigenvalue weighted by Crippen LogP contribution is -2.32. The van der Waals surface area contributed by atoms with Gasteiger partial charge in [-0.15, -0.1) is 0 Å². The Morgan fingerprint density at radius 2 is 2.00 bits per heavy atom. The summed E-state index contributed by atoms with van der Waals surface area (Å²) < 4.78 is 0. The van der Waals surface area contributed by atoms with Crippen molar-refractivity contribution in [3.63, 3.8) is 0 Å². The van der Waals surface area contributed by atoms with E-state index >= 15 is 0 Å². The number of carbonyl (C=O) groups excluding carboxylic acids is 3. The predicted octanol–water partition coefficient (Wildman–Crippen LogP) is 2.92. The number of nitrogens with zero attached hydrogens (tertiary/aromatic N) is 2. The Morgan fingerprint density at radius 3 is 2.76 bits per heavy atom. The van der Waals surface area contributed by atoms with Gasteiger partial charge in [-0.3, -0.25) is 14.4 Å². The Hall–Kier alpha value is -2.86. The van der Waals surface area contributed by atoms with Gasteiger partial charge in [0.25, 0.3) is 0 Å². The lowest BCUT2D eigenvalue weighted by atomic mass is 10.1. The minimum atomic E-state index is -0.396. The Labute approximate surface area is 174 Å². The summed E-state index contributed by atoms with van der Waals surface area (Å²) in [4.78, 5) is 40.3. The van der Waals surface area contributed by atoms with Crippen LogP contribution in [0.25, 0.3) is 0 Å². The van der Waals surface area contributed by atoms with E-state index in [9.17, 15) is 14.4 Å². The summed E-state index contributed by atoms with van der Waals surface area (Å²) in [6.07, 6.45) is 0.956. The number of hydrogen-bond donors (Lipinski definition) is 1. The Bertz CT molecular complexity index is 991. The molecule has 29 heavy (non-hydrogen) atoms. The van der Waals surface area contributed by atoms with Crippen LogP contribution < -0.4 is 15.1 Å². The zero-order valence-electron chi connectivity index (χ0n) is 16.2. The largest absolute Gasteiger partial charge is 0.352 e. The molecule has 0 unspecified atom stereocenters. The van der Waals surface area contributed by atoms with Crippen molar-refractivity contribution in [2.75, 3.05) is 22.9 Å². The smallest absolute Gasteiger partial charge is 0.227 e. The number of halogens is 1. The van der Waals surface area contributed by atoms with Crippen LogP contribution in [0.1, 0.15) is 24.5 Å². The molecule has 2 aromatic carbocycles. The van der Waals surface area contributed by atoms with Crippen molar-refractivity contribution < 1.29 is 14.4 Å². The molecule has 0 aliphatic carbocycles. The second-order valence-corrected chi connectivity index (χ2v) is 7.86. The van der Waals surface area contributed by atoms with Crippen molar-refractivity contribution in [3.05, 3.63) is 58.6 Å². The molecule has 4 rings (SSSR count). The van der Waals surface area contributed by atoms with Gasteiger partial charge < -0.3 is 15.1 Å². The van der Waals surface area contributed by atoms with Crippen LogP contribution in [-0.4, -0.2) is 30.8 Å². The summed E-state index contributed by atoms with van der Waals surface area (Å²) in [5.41, 5.74) is 3.58. The zero-order chi connectivity index (χ0) is 20.5. The average molecular weight is 412 g/mol. The molecule has 0 bridgehead atoms. The Morgan fingerprint density at radius 1 is 1.21 bits per heavy atom. The highest BCUT2D eigenvalue weighted by Crippen LogP contribution is 2.34. The van der Waals surface area contributed by atoms with Gasteiger partial charge in [-0.25, -0.2) is 0 Å². The SMILES string of the molecule is CC(=O)N1CCc2cc(N3C[C@H](C(=O)NCc4ccccc4Cl)CC3=O)ccc21. The van der Waals surface area contributed by atoms with E-state index in [1.165, 1.54) is 0 Å². The summed E-state index contributed by atoms with van der Waals surface area (Å²) in [6, 6.07) is 13.1. The van der Waals surface area contributed by atoms with Crippen LogP contribution in [0.2, 0.25) is 5.02 Å². The highest BCUT2D eigenvalue weighted by Gasteiger charge is 2.35. The molecule has 2 aliphatic heterocycles. The van der Waals surface area contributed by atoms with Crippen molar-refractivity contribution in [2.24, 2.45) is 5.92 Å². The molecule has 1 N–H and O–H groups in total. The molecule has 0 aromatic heterocycles. The van der Waals surface area contributed by atoms with E-state index < -0.39 is 5.92 Å². The molecule has 6 nitrogen and oxygen atoms in total. The molecule has 150 valence electrons. The van der Waals surface area contributed by atoms with Crippen LogP contribution in [0.5, 0.6) is 0 Å². The second kappa shape index (κ2) is 7.87. The van der Waals surface area contributed by atoms with E-state index in [0.717, 1.165) is 28.9 Å². The first kappa shape index (κ1) is 19.5. The van der Waals surface area contributed by atoms with E-state index in [4.69, 9.17) is 11.6 Å². The van der Waals surface area contributed by atoms with Crippen molar-refractivity contribution in [1.29, 1.82) is 0 Å². The van der Waals surface area contributed by atoms with Crippen LogP contribution >= 0.6 is 11.6 Å². The normalized spacial score (nSPS) is 18.1. The molecule has 3 amide bonds. The summed E-state index contributed by atoms with van der Waals surface area (Å²) in [6.45, 7) is 2.90. The standard InChI is InChI=1S/C22H22ClN3O3/c1-14(27)25-9-8-15-10-18(6-7-20(15)25)26-13-17(11-21(26)28)22(29)24-12-16-4-2-3-5-19(16)23/h2-7,10,17H,8-9,11-13H2,1H3,(H,24,29)/t17-/m1/s1. The van der Waals surface area contributed by atoms with Crippen LogP contribution in [0.3, 0.4) is 0 Å². The maximum absolute atomic E-state index is 12.6. The average Bonchev–Trinajstić information content (AvgIpc) is 3.30. The Balaban J connectivity index is 1.42. The lowest BCUT2D eigenvalue weighted by Gasteiger charge is -2.19. The van der Waals surface area contributed by atoms with Crippen LogP contribution in [0, 0.1) is 5.92 Å². The Kier molecular flexibility index (Phi) is 5.28. The van der Waals surface area contributed by atoms with Crippen molar-refractivity contribution in [2.45, 2.75) is 26.3 Å². The molecule has 2 aromatic rings. The fourth-order valence-corrected chi connectivity index (χ4v) is 4.19. The van der Waals surface area contributed by atoms with Crippen LogP contribution in [-0.2, 0) is 27.3 Å². The number of fused-ring (bicyclic) bond motifs is 1. The topological polar surface area (TPSA) is 69.7 Å². The number of carbonyl (C=O) groups is 3. The molecule has 0 spiro atoms. The summed E-state index contributed by atoms with van der Waals surface area (Å²) in [5.74, 6) is -0.593. The number of hydrogen-bond acceptors (Lipinski definition) is 3.